The fourth-order valence-corrected chi connectivity index (χ4v) is 3.40. The lowest BCUT2D eigenvalue weighted by Gasteiger charge is -2.11. The Labute approximate surface area is 168 Å². The number of amides is 1. The second-order valence-corrected chi connectivity index (χ2v) is 6.82. The standard InChI is InChI=1S/C19H15FN4O4S/c1-2-9-23-18(26)13-5-3-4-6-15(13)22-19(23)29-11-17(25)21-16-10-12(24(27)28)7-8-14(16)20/h2-8,10H,1,9,11H2,(H,21,25). The van der Waals surface area contributed by atoms with E-state index in [9.17, 15) is 24.1 Å². The Morgan fingerprint density at radius 3 is 2.83 bits per heavy atom. The summed E-state index contributed by atoms with van der Waals surface area (Å²) in [7, 11) is 0. The largest absolute Gasteiger partial charge is 0.323 e. The van der Waals surface area contributed by atoms with Gasteiger partial charge in [0, 0.05) is 18.7 Å². The van der Waals surface area contributed by atoms with Gasteiger partial charge in [0.05, 0.1) is 27.3 Å². The molecule has 1 aromatic heterocycles. The maximum atomic E-state index is 13.8. The molecule has 0 radical (unpaired) electrons. The van der Waals surface area contributed by atoms with E-state index in [0.29, 0.717) is 16.1 Å². The Morgan fingerprint density at radius 1 is 1.34 bits per heavy atom. The Morgan fingerprint density at radius 2 is 2.10 bits per heavy atom. The van der Waals surface area contributed by atoms with Crippen molar-refractivity contribution in [1.29, 1.82) is 0 Å². The van der Waals surface area contributed by atoms with E-state index in [-0.39, 0.29) is 29.2 Å². The molecular weight excluding hydrogens is 399 g/mol. The SMILES string of the molecule is C=CCn1c(SCC(=O)Nc2cc([N+](=O)[O-])ccc2F)nc2ccccc2c1=O. The summed E-state index contributed by atoms with van der Waals surface area (Å²) < 4.78 is 15.2. The van der Waals surface area contributed by atoms with E-state index in [1.165, 1.54) is 4.57 Å². The molecule has 2 aromatic carbocycles. The first-order valence-electron chi connectivity index (χ1n) is 8.37. The number of hydrogen-bond donors (Lipinski definition) is 1. The highest BCUT2D eigenvalue weighted by Gasteiger charge is 2.15. The van der Waals surface area contributed by atoms with Crippen LogP contribution in [0.5, 0.6) is 0 Å². The Balaban J connectivity index is 1.82. The summed E-state index contributed by atoms with van der Waals surface area (Å²) in [5.74, 6) is -1.56. The van der Waals surface area contributed by atoms with Crippen molar-refractivity contribution < 1.29 is 14.1 Å². The van der Waals surface area contributed by atoms with Crippen LogP contribution in [0.2, 0.25) is 0 Å². The van der Waals surface area contributed by atoms with Gasteiger partial charge in [-0.15, -0.1) is 6.58 Å². The summed E-state index contributed by atoms with van der Waals surface area (Å²) in [5, 5.41) is 13.9. The molecule has 1 amide bonds. The van der Waals surface area contributed by atoms with Crippen LogP contribution in [0.15, 0.2) is 65.1 Å². The van der Waals surface area contributed by atoms with Gasteiger partial charge >= 0.3 is 0 Å². The molecule has 8 nitrogen and oxygen atoms in total. The maximum absolute atomic E-state index is 13.8. The van der Waals surface area contributed by atoms with Crippen molar-refractivity contribution in [2.24, 2.45) is 0 Å². The number of nitro benzene ring substituents is 1. The molecule has 0 aliphatic carbocycles. The number of anilines is 1. The lowest BCUT2D eigenvalue weighted by Crippen LogP contribution is -2.23. The molecule has 0 fully saturated rings. The van der Waals surface area contributed by atoms with Gasteiger partial charge in [0.15, 0.2) is 5.16 Å². The third-order valence-electron chi connectivity index (χ3n) is 3.91. The van der Waals surface area contributed by atoms with Gasteiger partial charge in [0.2, 0.25) is 5.91 Å². The molecule has 29 heavy (non-hydrogen) atoms. The number of non-ortho nitro benzene ring substituents is 1. The van der Waals surface area contributed by atoms with Gasteiger partial charge in [-0.05, 0) is 18.2 Å². The zero-order chi connectivity index (χ0) is 21.0. The predicted octanol–water partition coefficient (Wildman–Crippen LogP) is 3.36. The van der Waals surface area contributed by atoms with Crippen LogP contribution < -0.4 is 10.9 Å². The number of nitrogens with one attached hydrogen (secondary N) is 1. The third kappa shape index (κ3) is 4.49. The number of carbonyl (C=O) groups excluding carboxylic acids is 1. The van der Waals surface area contributed by atoms with Crippen LogP contribution in [0.25, 0.3) is 10.9 Å². The van der Waals surface area contributed by atoms with Crippen molar-refractivity contribution in [3.8, 4) is 0 Å². The Bertz CT molecular complexity index is 1180. The van der Waals surface area contributed by atoms with Gasteiger partial charge in [-0.25, -0.2) is 9.37 Å². The van der Waals surface area contributed by atoms with Crippen molar-refractivity contribution in [1.82, 2.24) is 9.55 Å². The first-order valence-corrected chi connectivity index (χ1v) is 9.36. The summed E-state index contributed by atoms with van der Waals surface area (Å²) in [6.45, 7) is 3.84. The zero-order valence-electron chi connectivity index (χ0n) is 15.0. The lowest BCUT2D eigenvalue weighted by molar-refractivity contribution is -0.384. The second-order valence-electron chi connectivity index (χ2n) is 5.87. The molecule has 0 aliphatic rings. The van der Waals surface area contributed by atoms with Crippen molar-refractivity contribution >= 4 is 39.9 Å². The van der Waals surface area contributed by atoms with Crippen molar-refractivity contribution in [2.45, 2.75) is 11.7 Å². The summed E-state index contributed by atoms with van der Waals surface area (Å²) in [6, 6.07) is 9.70. The van der Waals surface area contributed by atoms with Crippen molar-refractivity contribution in [3.05, 3.63) is 81.4 Å². The summed E-state index contributed by atoms with van der Waals surface area (Å²) in [5.41, 5.74) is -0.404. The number of rotatable bonds is 7. The number of thioether (sulfide) groups is 1. The smallest absolute Gasteiger partial charge is 0.271 e. The molecule has 0 saturated carbocycles. The molecule has 0 unspecified atom stereocenters. The number of nitrogens with zero attached hydrogens (tertiary/aromatic N) is 3. The van der Waals surface area contributed by atoms with Gasteiger partial charge in [0.25, 0.3) is 11.2 Å². The molecule has 10 heteroatoms. The average molecular weight is 414 g/mol. The van der Waals surface area contributed by atoms with E-state index in [4.69, 9.17) is 0 Å². The molecule has 0 saturated heterocycles. The van der Waals surface area contributed by atoms with E-state index >= 15 is 0 Å². The number of para-hydroxylation sites is 1. The fourth-order valence-electron chi connectivity index (χ4n) is 2.59. The highest BCUT2D eigenvalue weighted by atomic mass is 32.2. The molecule has 1 heterocycles. The van der Waals surface area contributed by atoms with Gasteiger partial charge in [-0.2, -0.15) is 0 Å². The third-order valence-corrected chi connectivity index (χ3v) is 4.88. The van der Waals surface area contributed by atoms with Crippen LogP contribution in [0, 0.1) is 15.9 Å². The zero-order valence-corrected chi connectivity index (χ0v) is 15.8. The molecule has 0 spiro atoms. The summed E-state index contributed by atoms with van der Waals surface area (Å²) in [6.07, 6.45) is 1.54. The van der Waals surface area contributed by atoms with Crippen LogP contribution in [0.3, 0.4) is 0 Å². The van der Waals surface area contributed by atoms with Crippen LogP contribution in [0.1, 0.15) is 0 Å². The number of carbonyl (C=O) groups is 1. The highest BCUT2D eigenvalue weighted by Crippen LogP contribution is 2.22. The first-order chi connectivity index (χ1) is 13.9. The van der Waals surface area contributed by atoms with E-state index in [1.54, 1.807) is 30.3 Å². The highest BCUT2D eigenvalue weighted by molar-refractivity contribution is 7.99. The monoisotopic (exact) mass is 414 g/mol. The van der Waals surface area contributed by atoms with E-state index in [1.807, 2.05) is 0 Å². The minimum atomic E-state index is -0.790. The second kappa shape index (κ2) is 8.65. The first kappa shape index (κ1) is 20.2. The van der Waals surface area contributed by atoms with E-state index < -0.39 is 16.6 Å². The van der Waals surface area contributed by atoms with Gasteiger partial charge in [0.1, 0.15) is 5.82 Å². The molecule has 0 bridgehead atoms. The molecule has 0 atom stereocenters. The average Bonchev–Trinajstić information content (AvgIpc) is 2.70. The lowest BCUT2D eigenvalue weighted by atomic mass is 10.2. The van der Waals surface area contributed by atoms with Crippen molar-refractivity contribution in [2.75, 3.05) is 11.1 Å². The quantitative estimate of drug-likeness (QED) is 0.209. The Kier molecular flexibility index (Phi) is 6.03. The van der Waals surface area contributed by atoms with Gasteiger partial charge in [-0.3, -0.25) is 24.3 Å². The number of halogens is 1. The number of benzene rings is 2. The van der Waals surface area contributed by atoms with Crippen LogP contribution in [-0.4, -0.2) is 26.1 Å². The van der Waals surface area contributed by atoms with E-state index in [0.717, 1.165) is 30.0 Å². The minimum absolute atomic E-state index is 0.177. The summed E-state index contributed by atoms with van der Waals surface area (Å²) >= 11 is 0.995. The van der Waals surface area contributed by atoms with Gasteiger partial charge < -0.3 is 5.32 Å². The van der Waals surface area contributed by atoms with Gasteiger partial charge in [-0.1, -0.05) is 30.0 Å². The maximum Gasteiger partial charge on any atom is 0.271 e. The number of hydrogen-bond acceptors (Lipinski definition) is 6. The predicted molar refractivity (Wildman–Crippen MR) is 109 cm³/mol. The summed E-state index contributed by atoms with van der Waals surface area (Å²) in [4.78, 5) is 39.5. The van der Waals surface area contributed by atoms with Crippen LogP contribution in [0.4, 0.5) is 15.8 Å². The Hall–Kier alpha value is -3.53. The van der Waals surface area contributed by atoms with Crippen molar-refractivity contribution in [3.63, 3.8) is 0 Å². The fraction of sp³-hybridized carbons (Fsp3) is 0.105. The number of nitro groups is 1. The molecule has 1 N–H and O–H groups in total. The molecule has 3 aromatic rings. The molecular formula is C19H15FN4O4S. The number of aromatic nitrogens is 2. The topological polar surface area (TPSA) is 107 Å². The number of fused-ring (bicyclic) bond motifs is 1. The molecule has 3 rings (SSSR count). The molecule has 148 valence electrons. The normalized spacial score (nSPS) is 10.7. The van der Waals surface area contributed by atoms with Crippen LogP contribution in [-0.2, 0) is 11.3 Å². The van der Waals surface area contributed by atoms with E-state index in [2.05, 4.69) is 16.9 Å². The number of allylic oxidation sites excluding steroid dienone is 1. The van der Waals surface area contributed by atoms with Crippen LogP contribution >= 0.6 is 11.8 Å². The minimum Gasteiger partial charge on any atom is -0.323 e. The molecule has 0 aliphatic heterocycles.